The molecule has 75 valence electrons. The summed E-state index contributed by atoms with van der Waals surface area (Å²) in [5.74, 6) is -2.13. The Morgan fingerprint density at radius 3 is 1.54 bits per heavy atom. The van der Waals surface area contributed by atoms with Gasteiger partial charge in [-0.3, -0.25) is 9.59 Å². The molecule has 5 heteroatoms. The summed E-state index contributed by atoms with van der Waals surface area (Å²) in [5.41, 5.74) is 0. The Bertz CT molecular complexity index is 173. The standard InChI is InChI=1S/C8H14NO4/c1-3-5(7(10)11)9-6(4-2)8(12)13/h5-6H,3-4H2,1-2H3,(H,10,11)(H,12,13). The van der Waals surface area contributed by atoms with Crippen LogP contribution in [-0.4, -0.2) is 34.2 Å². The van der Waals surface area contributed by atoms with Gasteiger partial charge in [0, 0.05) is 0 Å². The topological polar surface area (TPSA) is 88.7 Å². The van der Waals surface area contributed by atoms with Gasteiger partial charge in [-0.2, -0.15) is 0 Å². The summed E-state index contributed by atoms with van der Waals surface area (Å²) in [6.45, 7) is 3.33. The maximum absolute atomic E-state index is 10.5. The van der Waals surface area contributed by atoms with E-state index in [1.807, 2.05) is 0 Å². The number of nitrogens with zero attached hydrogens (tertiary/aromatic N) is 1. The number of hydrogen-bond donors (Lipinski definition) is 2. The van der Waals surface area contributed by atoms with Gasteiger partial charge in [0.15, 0.2) is 0 Å². The molecule has 0 aliphatic carbocycles. The molecule has 0 saturated heterocycles. The summed E-state index contributed by atoms with van der Waals surface area (Å²) >= 11 is 0. The second kappa shape index (κ2) is 5.53. The number of aliphatic carboxylic acids is 2. The van der Waals surface area contributed by atoms with Gasteiger partial charge in [0.1, 0.15) is 12.1 Å². The van der Waals surface area contributed by atoms with E-state index in [1.165, 1.54) is 0 Å². The molecule has 0 heterocycles. The fraction of sp³-hybridized carbons (Fsp3) is 0.750. The molecule has 0 rings (SSSR count). The van der Waals surface area contributed by atoms with Gasteiger partial charge in [-0.1, -0.05) is 13.8 Å². The Morgan fingerprint density at radius 1 is 1.08 bits per heavy atom. The van der Waals surface area contributed by atoms with Crippen LogP contribution < -0.4 is 5.32 Å². The molecule has 0 fully saturated rings. The molecule has 0 aromatic rings. The van der Waals surface area contributed by atoms with E-state index in [9.17, 15) is 9.59 Å². The van der Waals surface area contributed by atoms with Crippen LogP contribution in [0.25, 0.3) is 0 Å². The molecule has 2 unspecified atom stereocenters. The number of carboxylic acids is 2. The summed E-state index contributed by atoms with van der Waals surface area (Å²) < 4.78 is 0. The lowest BCUT2D eigenvalue weighted by Crippen LogP contribution is -2.40. The van der Waals surface area contributed by atoms with Crippen molar-refractivity contribution in [1.82, 2.24) is 5.32 Å². The van der Waals surface area contributed by atoms with Crippen LogP contribution >= 0.6 is 0 Å². The van der Waals surface area contributed by atoms with Crippen LogP contribution in [0.2, 0.25) is 0 Å². The van der Waals surface area contributed by atoms with E-state index in [2.05, 4.69) is 5.32 Å². The Balaban J connectivity index is 4.19. The van der Waals surface area contributed by atoms with Crippen LogP contribution in [0, 0.1) is 0 Å². The zero-order valence-electron chi connectivity index (χ0n) is 7.73. The van der Waals surface area contributed by atoms with Gasteiger partial charge >= 0.3 is 11.9 Å². The van der Waals surface area contributed by atoms with Crippen molar-refractivity contribution in [2.24, 2.45) is 0 Å². The van der Waals surface area contributed by atoms with Crippen molar-refractivity contribution in [3.05, 3.63) is 0 Å². The van der Waals surface area contributed by atoms with E-state index >= 15 is 0 Å². The average molecular weight is 188 g/mol. The molecule has 0 aliphatic heterocycles. The predicted octanol–water partition coefficient (Wildman–Crippen LogP) is 0.317. The molecule has 2 N–H and O–H groups in total. The third-order valence-electron chi connectivity index (χ3n) is 1.70. The number of carbonyl (C=O) groups is 2. The lowest BCUT2D eigenvalue weighted by atomic mass is 10.1. The van der Waals surface area contributed by atoms with Crippen LogP contribution in [0.5, 0.6) is 0 Å². The van der Waals surface area contributed by atoms with Crippen molar-refractivity contribution in [2.45, 2.75) is 38.8 Å². The van der Waals surface area contributed by atoms with E-state index in [-0.39, 0.29) is 0 Å². The smallest absolute Gasteiger partial charge is 0.322 e. The van der Waals surface area contributed by atoms with Crippen molar-refractivity contribution in [1.29, 1.82) is 0 Å². The number of hydrogen-bond acceptors (Lipinski definition) is 2. The normalized spacial score (nSPS) is 14.9. The SMILES string of the molecule is CCC([N]C(CC)C(=O)O)C(=O)O. The molecule has 1 radical (unpaired) electrons. The van der Waals surface area contributed by atoms with E-state index in [0.29, 0.717) is 12.8 Å². The Kier molecular flexibility index (Phi) is 5.06. The maximum atomic E-state index is 10.5. The molecule has 0 aromatic heterocycles. The van der Waals surface area contributed by atoms with Crippen LogP contribution in [0.1, 0.15) is 26.7 Å². The van der Waals surface area contributed by atoms with Crippen LogP contribution in [0.4, 0.5) is 0 Å². The van der Waals surface area contributed by atoms with Gasteiger partial charge < -0.3 is 10.2 Å². The van der Waals surface area contributed by atoms with E-state index in [4.69, 9.17) is 10.2 Å². The third-order valence-corrected chi connectivity index (χ3v) is 1.70. The largest absolute Gasteiger partial charge is 0.480 e. The fourth-order valence-corrected chi connectivity index (χ4v) is 0.905. The van der Waals surface area contributed by atoms with Crippen LogP contribution in [-0.2, 0) is 9.59 Å². The first kappa shape index (κ1) is 11.9. The first-order valence-electron chi connectivity index (χ1n) is 4.18. The van der Waals surface area contributed by atoms with E-state index in [0.717, 1.165) is 0 Å². The van der Waals surface area contributed by atoms with Gasteiger partial charge in [0.25, 0.3) is 0 Å². The summed E-state index contributed by atoms with van der Waals surface area (Å²) in [6.07, 6.45) is 0.637. The number of rotatable bonds is 6. The van der Waals surface area contributed by atoms with Gasteiger partial charge in [-0.05, 0) is 12.8 Å². The molecule has 0 aliphatic rings. The first-order valence-corrected chi connectivity index (χ1v) is 4.18. The third kappa shape index (κ3) is 3.89. The van der Waals surface area contributed by atoms with E-state index in [1.54, 1.807) is 13.8 Å². The zero-order chi connectivity index (χ0) is 10.4. The summed E-state index contributed by atoms with van der Waals surface area (Å²) in [6, 6.07) is -1.80. The molecular formula is C8H14NO4. The quantitative estimate of drug-likeness (QED) is 0.628. The second-order valence-electron chi connectivity index (χ2n) is 2.67. The monoisotopic (exact) mass is 188 g/mol. The first-order chi connectivity index (χ1) is 6.02. The molecule has 5 nitrogen and oxygen atoms in total. The minimum absolute atomic E-state index is 0.319. The summed E-state index contributed by atoms with van der Waals surface area (Å²) in [4.78, 5) is 21.0. The Hall–Kier alpha value is -1.10. The maximum Gasteiger partial charge on any atom is 0.322 e. The Morgan fingerprint density at radius 2 is 1.38 bits per heavy atom. The van der Waals surface area contributed by atoms with Gasteiger partial charge in [-0.15, -0.1) is 0 Å². The predicted molar refractivity (Wildman–Crippen MR) is 45.6 cm³/mol. The van der Waals surface area contributed by atoms with Crippen molar-refractivity contribution in [3.8, 4) is 0 Å². The highest BCUT2D eigenvalue weighted by Crippen LogP contribution is 2.00. The molecule has 0 spiro atoms. The van der Waals surface area contributed by atoms with Crippen molar-refractivity contribution < 1.29 is 19.8 Å². The van der Waals surface area contributed by atoms with Gasteiger partial charge in [0.2, 0.25) is 0 Å². The molecule has 0 saturated carbocycles. The lowest BCUT2D eigenvalue weighted by Gasteiger charge is -2.14. The van der Waals surface area contributed by atoms with Crippen molar-refractivity contribution >= 4 is 11.9 Å². The molecule has 13 heavy (non-hydrogen) atoms. The van der Waals surface area contributed by atoms with Gasteiger partial charge in [0.05, 0.1) is 0 Å². The van der Waals surface area contributed by atoms with Crippen LogP contribution in [0.3, 0.4) is 0 Å². The highest BCUT2D eigenvalue weighted by atomic mass is 16.4. The highest BCUT2D eigenvalue weighted by molar-refractivity contribution is 5.77. The molecule has 0 aromatic carbocycles. The summed E-state index contributed by atoms with van der Waals surface area (Å²) in [7, 11) is 0. The lowest BCUT2D eigenvalue weighted by molar-refractivity contribution is -0.142. The zero-order valence-corrected chi connectivity index (χ0v) is 7.73. The number of carboxylic acid groups (broad SMARTS) is 2. The minimum Gasteiger partial charge on any atom is -0.480 e. The van der Waals surface area contributed by atoms with E-state index < -0.39 is 24.0 Å². The Labute approximate surface area is 76.8 Å². The van der Waals surface area contributed by atoms with Crippen LogP contribution in [0.15, 0.2) is 0 Å². The minimum atomic E-state index is -1.07. The molecular weight excluding hydrogens is 174 g/mol. The molecule has 2 atom stereocenters. The average Bonchev–Trinajstić information content (AvgIpc) is 2.05. The highest BCUT2D eigenvalue weighted by Gasteiger charge is 2.24. The molecule has 0 bridgehead atoms. The van der Waals surface area contributed by atoms with Crippen molar-refractivity contribution in [2.75, 3.05) is 0 Å². The summed E-state index contributed by atoms with van der Waals surface area (Å²) in [5, 5.41) is 20.9. The molecule has 0 amide bonds. The fourth-order valence-electron chi connectivity index (χ4n) is 0.905. The van der Waals surface area contributed by atoms with Gasteiger partial charge in [-0.25, -0.2) is 5.32 Å². The van der Waals surface area contributed by atoms with Crippen molar-refractivity contribution in [3.63, 3.8) is 0 Å². The second-order valence-corrected chi connectivity index (χ2v) is 2.67.